The number of hydrogen-bond acceptors (Lipinski definition) is 3. The smallest absolute Gasteiger partial charge is 0.0628 e. The summed E-state index contributed by atoms with van der Waals surface area (Å²) in [6, 6.07) is 0.637. The van der Waals surface area contributed by atoms with Gasteiger partial charge in [-0.3, -0.25) is 4.68 Å². The third-order valence-electron chi connectivity index (χ3n) is 4.98. The molecule has 120 valence electrons. The van der Waals surface area contributed by atoms with Crippen LogP contribution in [0.2, 0.25) is 0 Å². The molecule has 0 radical (unpaired) electrons. The van der Waals surface area contributed by atoms with Crippen LogP contribution < -0.4 is 5.32 Å². The first-order valence-electron chi connectivity index (χ1n) is 8.46. The first-order chi connectivity index (χ1) is 10.0. The molecule has 0 bridgehead atoms. The molecular weight excluding hydrogens is 262 g/mol. The molecule has 2 N–H and O–H groups in total. The van der Waals surface area contributed by atoms with Gasteiger partial charge in [0.15, 0.2) is 0 Å². The maximum absolute atomic E-state index is 9.81. The summed E-state index contributed by atoms with van der Waals surface area (Å²) in [5.41, 5.74) is 3.76. The fourth-order valence-corrected chi connectivity index (χ4v) is 3.28. The lowest BCUT2D eigenvalue weighted by Gasteiger charge is -2.32. The summed E-state index contributed by atoms with van der Waals surface area (Å²) >= 11 is 0. The van der Waals surface area contributed by atoms with Crippen molar-refractivity contribution in [3.63, 3.8) is 0 Å². The summed E-state index contributed by atoms with van der Waals surface area (Å²) in [5.74, 6) is 0. The molecule has 0 aromatic carbocycles. The van der Waals surface area contributed by atoms with E-state index in [0.29, 0.717) is 6.04 Å². The van der Waals surface area contributed by atoms with E-state index in [0.717, 1.165) is 37.9 Å². The van der Waals surface area contributed by atoms with Crippen LogP contribution >= 0.6 is 0 Å². The third-order valence-corrected chi connectivity index (χ3v) is 4.98. The van der Waals surface area contributed by atoms with Gasteiger partial charge in [-0.15, -0.1) is 0 Å². The molecule has 1 aliphatic rings. The number of nitrogens with zero attached hydrogens (tertiary/aromatic N) is 2. The molecule has 0 aliphatic heterocycles. The lowest BCUT2D eigenvalue weighted by atomic mass is 9.91. The number of hydrogen-bond donors (Lipinski definition) is 2. The van der Waals surface area contributed by atoms with Gasteiger partial charge in [0, 0.05) is 23.8 Å². The number of nitrogens with one attached hydrogen (secondary N) is 1. The molecule has 2 rings (SSSR count). The van der Waals surface area contributed by atoms with Gasteiger partial charge < -0.3 is 10.4 Å². The van der Waals surface area contributed by atoms with Gasteiger partial charge >= 0.3 is 0 Å². The molecule has 1 unspecified atom stereocenters. The number of aliphatic hydroxyl groups excluding tert-OH is 1. The van der Waals surface area contributed by atoms with E-state index in [9.17, 15) is 5.11 Å². The van der Waals surface area contributed by atoms with E-state index in [4.69, 9.17) is 0 Å². The lowest BCUT2D eigenvalue weighted by molar-refractivity contribution is 0.140. The molecule has 1 atom stereocenters. The Morgan fingerprint density at radius 1 is 1.33 bits per heavy atom. The summed E-state index contributed by atoms with van der Waals surface area (Å²) in [5, 5.41) is 18.1. The predicted octanol–water partition coefficient (Wildman–Crippen LogP) is 2.74. The van der Waals surface area contributed by atoms with E-state index in [-0.39, 0.29) is 12.1 Å². The Bertz CT molecular complexity index is 459. The van der Waals surface area contributed by atoms with E-state index in [1.54, 1.807) is 0 Å². The predicted molar refractivity (Wildman–Crippen MR) is 86.6 cm³/mol. The third kappa shape index (κ3) is 3.86. The Kier molecular flexibility index (Phi) is 5.44. The second-order valence-corrected chi connectivity index (χ2v) is 6.54. The van der Waals surface area contributed by atoms with Crippen LogP contribution in [0.1, 0.15) is 62.9 Å². The minimum absolute atomic E-state index is 0.0924. The average Bonchev–Trinajstić information content (AvgIpc) is 3.24. The normalized spacial score (nSPS) is 18.0. The zero-order chi connectivity index (χ0) is 15.5. The number of aliphatic hydroxyl groups is 1. The minimum atomic E-state index is -0.0924. The highest BCUT2D eigenvalue weighted by molar-refractivity contribution is 5.24. The van der Waals surface area contributed by atoms with Crippen molar-refractivity contribution >= 4 is 0 Å². The molecule has 1 heterocycles. The number of rotatable bonds is 9. The summed E-state index contributed by atoms with van der Waals surface area (Å²) in [4.78, 5) is 0. The van der Waals surface area contributed by atoms with Crippen molar-refractivity contribution < 1.29 is 5.11 Å². The molecule has 0 spiro atoms. The largest absolute Gasteiger partial charge is 0.394 e. The van der Waals surface area contributed by atoms with Crippen LogP contribution in [0.15, 0.2) is 0 Å². The summed E-state index contributed by atoms with van der Waals surface area (Å²) in [7, 11) is 0. The fourth-order valence-electron chi connectivity index (χ4n) is 3.28. The molecule has 1 saturated carbocycles. The van der Waals surface area contributed by atoms with Gasteiger partial charge in [-0.2, -0.15) is 5.10 Å². The van der Waals surface area contributed by atoms with Crippen molar-refractivity contribution in [2.75, 3.05) is 6.61 Å². The van der Waals surface area contributed by atoms with Crippen LogP contribution in [0.25, 0.3) is 0 Å². The summed E-state index contributed by atoms with van der Waals surface area (Å²) in [6.45, 7) is 9.80. The average molecular weight is 293 g/mol. The molecule has 1 aromatic heterocycles. The van der Waals surface area contributed by atoms with E-state index in [1.807, 2.05) is 0 Å². The van der Waals surface area contributed by atoms with Crippen LogP contribution in [0.4, 0.5) is 0 Å². The van der Waals surface area contributed by atoms with Gasteiger partial charge in [0.1, 0.15) is 0 Å². The highest BCUT2D eigenvalue weighted by Gasteiger charge is 2.33. The van der Waals surface area contributed by atoms with Crippen molar-refractivity contribution in [2.45, 2.75) is 84.3 Å². The van der Waals surface area contributed by atoms with Crippen molar-refractivity contribution in [3.8, 4) is 0 Å². The van der Waals surface area contributed by atoms with Crippen molar-refractivity contribution in [2.24, 2.45) is 0 Å². The van der Waals surface area contributed by atoms with Crippen LogP contribution in [-0.4, -0.2) is 33.1 Å². The van der Waals surface area contributed by atoms with Gasteiger partial charge in [0.25, 0.3) is 0 Å². The molecule has 1 aromatic rings. The van der Waals surface area contributed by atoms with E-state index in [1.165, 1.54) is 24.1 Å². The quantitative estimate of drug-likeness (QED) is 0.736. The van der Waals surface area contributed by atoms with E-state index < -0.39 is 0 Å². The molecule has 0 amide bonds. The van der Waals surface area contributed by atoms with Crippen LogP contribution in [0.3, 0.4) is 0 Å². The van der Waals surface area contributed by atoms with Crippen molar-refractivity contribution in [3.05, 3.63) is 17.0 Å². The Hall–Kier alpha value is -0.870. The van der Waals surface area contributed by atoms with Gasteiger partial charge in [-0.05, 0) is 57.9 Å². The monoisotopic (exact) mass is 293 g/mol. The first kappa shape index (κ1) is 16.5. The van der Waals surface area contributed by atoms with Crippen molar-refractivity contribution in [1.29, 1.82) is 0 Å². The van der Waals surface area contributed by atoms with Gasteiger partial charge in [0.05, 0.1) is 12.3 Å². The maximum atomic E-state index is 9.81. The number of aryl methyl sites for hydroxylation is 2. The van der Waals surface area contributed by atoms with Gasteiger partial charge in [-0.1, -0.05) is 13.8 Å². The summed E-state index contributed by atoms with van der Waals surface area (Å²) < 4.78 is 2.14. The van der Waals surface area contributed by atoms with Crippen LogP contribution in [0, 0.1) is 13.8 Å². The molecule has 21 heavy (non-hydrogen) atoms. The standard InChI is InChI=1S/C17H31N3O/c1-5-16-13(3)19-20(14(16)4)11-7-10-17(6-2,12-21)18-15-8-9-15/h15,18,21H,5-12H2,1-4H3. The second kappa shape index (κ2) is 6.93. The molecule has 1 aliphatic carbocycles. The second-order valence-electron chi connectivity index (χ2n) is 6.54. The van der Waals surface area contributed by atoms with E-state index in [2.05, 4.69) is 42.8 Å². The van der Waals surface area contributed by atoms with Crippen molar-refractivity contribution in [1.82, 2.24) is 15.1 Å². The molecule has 4 nitrogen and oxygen atoms in total. The topological polar surface area (TPSA) is 50.1 Å². The van der Waals surface area contributed by atoms with Gasteiger partial charge in [-0.25, -0.2) is 0 Å². The lowest BCUT2D eigenvalue weighted by Crippen LogP contribution is -2.49. The zero-order valence-corrected chi connectivity index (χ0v) is 14.1. The molecule has 4 heteroatoms. The zero-order valence-electron chi connectivity index (χ0n) is 14.1. The highest BCUT2D eigenvalue weighted by Crippen LogP contribution is 2.27. The maximum Gasteiger partial charge on any atom is 0.0628 e. The van der Waals surface area contributed by atoms with Crippen LogP contribution in [-0.2, 0) is 13.0 Å². The SMILES string of the molecule is CCc1c(C)nn(CCCC(CC)(CO)NC2CC2)c1C. The van der Waals surface area contributed by atoms with Crippen LogP contribution in [0.5, 0.6) is 0 Å². The first-order valence-corrected chi connectivity index (χ1v) is 8.46. The number of aromatic nitrogens is 2. The fraction of sp³-hybridized carbons (Fsp3) is 0.824. The molecule has 0 saturated heterocycles. The Morgan fingerprint density at radius 3 is 2.52 bits per heavy atom. The molecular formula is C17H31N3O. The molecule has 1 fully saturated rings. The van der Waals surface area contributed by atoms with E-state index >= 15 is 0 Å². The Morgan fingerprint density at radius 2 is 2.05 bits per heavy atom. The minimum Gasteiger partial charge on any atom is -0.394 e. The summed E-state index contributed by atoms with van der Waals surface area (Å²) in [6.07, 6.45) is 6.63. The Labute approximate surface area is 128 Å². The Balaban J connectivity index is 1.92. The highest BCUT2D eigenvalue weighted by atomic mass is 16.3. The van der Waals surface area contributed by atoms with Gasteiger partial charge in [0.2, 0.25) is 0 Å².